The molecule has 0 amide bonds. The van der Waals surface area contributed by atoms with Crippen molar-refractivity contribution in [2.24, 2.45) is 0 Å². The zero-order valence-corrected chi connectivity index (χ0v) is 18.1. The molecule has 1 saturated heterocycles. The van der Waals surface area contributed by atoms with Crippen molar-refractivity contribution in [3.8, 4) is 0 Å². The van der Waals surface area contributed by atoms with Crippen LogP contribution < -0.4 is 0 Å². The minimum atomic E-state index is -1.70. The number of thiophene rings is 1. The Morgan fingerprint density at radius 2 is 2.00 bits per heavy atom. The van der Waals surface area contributed by atoms with E-state index in [2.05, 4.69) is 46.9 Å². The molecule has 1 aromatic rings. The van der Waals surface area contributed by atoms with E-state index in [-0.39, 0.29) is 11.3 Å². The molecule has 1 aliphatic rings. The molecule has 1 fully saturated rings. The molecular formula is C19H34O3SSi. The van der Waals surface area contributed by atoms with E-state index in [4.69, 9.17) is 13.9 Å². The van der Waals surface area contributed by atoms with Gasteiger partial charge in [0.2, 0.25) is 0 Å². The van der Waals surface area contributed by atoms with Crippen LogP contribution in [0.4, 0.5) is 0 Å². The predicted octanol–water partition coefficient (Wildman–Crippen LogP) is 5.88. The van der Waals surface area contributed by atoms with Crippen LogP contribution in [0.15, 0.2) is 6.07 Å². The van der Waals surface area contributed by atoms with Crippen molar-refractivity contribution in [1.82, 2.24) is 0 Å². The lowest BCUT2D eigenvalue weighted by Crippen LogP contribution is -2.40. The van der Waals surface area contributed by atoms with Crippen molar-refractivity contribution in [2.45, 2.75) is 91.0 Å². The van der Waals surface area contributed by atoms with E-state index in [1.165, 1.54) is 21.7 Å². The predicted molar refractivity (Wildman–Crippen MR) is 104 cm³/mol. The van der Waals surface area contributed by atoms with E-state index in [9.17, 15) is 0 Å². The smallest absolute Gasteiger partial charge is 0.192 e. The van der Waals surface area contributed by atoms with Crippen molar-refractivity contribution < 1.29 is 13.9 Å². The average molecular weight is 371 g/mol. The average Bonchev–Trinajstić information content (AvgIpc) is 2.93. The molecule has 1 unspecified atom stereocenters. The third-order valence-corrected chi connectivity index (χ3v) is 10.9. The third kappa shape index (κ3) is 5.40. The standard InChI is InChI=1S/C19H34O3SSi/c1-7-15-12-16(13-22-24(5,6)19(2,3)4)23-17(15)14-21-18-10-8-9-11-20-18/h12,18H,7-11,13-14H2,1-6H3. The monoisotopic (exact) mass is 370 g/mol. The van der Waals surface area contributed by atoms with Gasteiger partial charge in [-0.05, 0) is 55.4 Å². The van der Waals surface area contributed by atoms with E-state index >= 15 is 0 Å². The molecule has 0 bridgehead atoms. The maximum absolute atomic E-state index is 6.37. The van der Waals surface area contributed by atoms with Gasteiger partial charge >= 0.3 is 0 Å². The molecule has 2 heterocycles. The first-order valence-electron chi connectivity index (χ1n) is 9.20. The molecule has 0 radical (unpaired) electrons. The molecule has 0 N–H and O–H groups in total. The Bertz CT molecular complexity index is 513. The van der Waals surface area contributed by atoms with Gasteiger partial charge in [-0.25, -0.2) is 0 Å². The van der Waals surface area contributed by atoms with Gasteiger partial charge in [-0.15, -0.1) is 11.3 Å². The molecule has 1 aromatic heterocycles. The Morgan fingerprint density at radius 1 is 1.25 bits per heavy atom. The first kappa shape index (κ1) is 20.1. The maximum atomic E-state index is 6.37. The lowest BCUT2D eigenvalue weighted by molar-refractivity contribution is -0.168. The van der Waals surface area contributed by atoms with Crippen LogP contribution in [0.2, 0.25) is 18.1 Å². The van der Waals surface area contributed by atoms with Crippen LogP contribution in [0.25, 0.3) is 0 Å². The lowest BCUT2D eigenvalue weighted by atomic mass is 10.2. The summed E-state index contributed by atoms with van der Waals surface area (Å²) >= 11 is 1.84. The fraction of sp³-hybridized carbons (Fsp3) is 0.789. The second kappa shape index (κ2) is 8.45. The summed E-state index contributed by atoms with van der Waals surface area (Å²) in [4.78, 5) is 2.65. The maximum Gasteiger partial charge on any atom is 0.192 e. The fourth-order valence-corrected chi connectivity index (χ4v) is 4.65. The summed E-state index contributed by atoms with van der Waals surface area (Å²) < 4.78 is 18.0. The fourth-order valence-electron chi connectivity index (χ4n) is 2.50. The number of hydrogen-bond acceptors (Lipinski definition) is 4. The first-order chi connectivity index (χ1) is 11.2. The topological polar surface area (TPSA) is 27.7 Å². The summed E-state index contributed by atoms with van der Waals surface area (Å²) in [5, 5.41) is 0.252. The number of aryl methyl sites for hydroxylation is 1. The summed E-state index contributed by atoms with van der Waals surface area (Å²) in [6.07, 6.45) is 4.42. The molecule has 0 saturated carbocycles. The summed E-state index contributed by atoms with van der Waals surface area (Å²) in [6, 6.07) is 2.30. The normalized spacial score (nSPS) is 19.7. The quantitative estimate of drug-likeness (QED) is 0.561. The molecule has 3 nitrogen and oxygen atoms in total. The van der Waals surface area contributed by atoms with Gasteiger partial charge in [-0.2, -0.15) is 0 Å². The Kier molecular flexibility index (Phi) is 7.08. The van der Waals surface area contributed by atoms with Gasteiger partial charge in [0.15, 0.2) is 14.6 Å². The second-order valence-electron chi connectivity index (χ2n) is 8.17. The largest absolute Gasteiger partial charge is 0.412 e. The molecular weight excluding hydrogens is 336 g/mol. The number of hydrogen-bond donors (Lipinski definition) is 0. The van der Waals surface area contributed by atoms with Crippen LogP contribution in [0.1, 0.15) is 62.3 Å². The minimum absolute atomic E-state index is 0.0162. The van der Waals surface area contributed by atoms with Crippen molar-refractivity contribution in [1.29, 1.82) is 0 Å². The van der Waals surface area contributed by atoms with Crippen molar-refractivity contribution in [3.63, 3.8) is 0 Å². The van der Waals surface area contributed by atoms with Gasteiger partial charge in [-0.3, -0.25) is 0 Å². The lowest BCUT2D eigenvalue weighted by Gasteiger charge is -2.36. The third-order valence-electron chi connectivity index (χ3n) is 5.25. The number of ether oxygens (including phenoxy) is 2. The molecule has 24 heavy (non-hydrogen) atoms. The van der Waals surface area contributed by atoms with Gasteiger partial charge in [0, 0.05) is 16.4 Å². The molecule has 1 atom stereocenters. The second-order valence-corrected chi connectivity index (χ2v) is 14.2. The molecule has 0 aliphatic carbocycles. The van der Waals surface area contributed by atoms with E-state index in [0.717, 1.165) is 32.5 Å². The highest BCUT2D eigenvalue weighted by molar-refractivity contribution is 7.12. The van der Waals surface area contributed by atoms with Crippen LogP contribution in [0, 0.1) is 0 Å². The zero-order chi connectivity index (χ0) is 17.8. The highest BCUT2D eigenvalue weighted by Crippen LogP contribution is 2.37. The first-order valence-corrected chi connectivity index (χ1v) is 12.9. The van der Waals surface area contributed by atoms with Gasteiger partial charge in [0.05, 0.1) is 13.2 Å². The van der Waals surface area contributed by atoms with E-state index < -0.39 is 8.32 Å². The van der Waals surface area contributed by atoms with Crippen molar-refractivity contribution in [3.05, 3.63) is 21.4 Å². The molecule has 0 aromatic carbocycles. The molecule has 0 spiro atoms. The van der Waals surface area contributed by atoms with Crippen LogP contribution in [0.5, 0.6) is 0 Å². The Hall–Kier alpha value is -0.203. The van der Waals surface area contributed by atoms with E-state index in [1.54, 1.807) is 0 Å². The van der Waals surface area contributed by atoms with E-state index in [0.29, 0.717) is 6.61 Å². The number of rotatable bonds is 7. The highest BCUT2D eigenvalue weighted by Gasteiger charge is 2.37. The highest BCUT2D eigenvalue weighted by atomic mass is 32.1. The van der Waals surface area contributed by atoms with Gasteiger partial charge in [0.1, 0.15) is 0 Å². The van der Waals surface area contributed by atoms with Gasteiger partial charge in [0.25, 0.3) is 0 Å². The van der Waals surface area contributed by atoms with Crippen LogP contribution >= 0.6 is 11.3 Å². The van der Waals surface area contributed by atoms with Gasteiger partial charge in [-0.1, -0.05) is 27.7 Å². The van der Waals surface area contributed by atoms with Crippen LogP contribution in [0.3, 0.4) is 0 Å². The van der Waals surface area contributed by atoms with Gasteiger partial charge < -0.3 is 13.9 Å². The molecule has 2 rings (SSSR count). The molecule has 1 aliphatic heterocycles. The summed E-state index contributed by atoms with van der Waals surface area (Å²) in [5.74, 6) is 0. The van der Waals surface area contributed by atoms with E-state index in [1.807, 2.05) is 11.3 Å². The Morgan fingerprint density at radius 3 is 2.58 bits per heavy atom. The van der Waals surface area contributed by atoms with Crippen molar-refractivity contribution in [2.75, 3.05) is 6.61 Å². The Balaban J connectivity index is 1.94. The molecule has 138 valence electrons. The SMILES string of the molecule is CCc1cc(CO[Si](C)(C)C(C)(C)C)sc1COC1CCCCO1. The van der Waals surface area contributed by atoms with Crippen LogP contribution in [-0.4, -0.2) is 21.2 Å². The van der Waals surface area contributed by atoms with Crippen molar-refractivity contribution >= 4 is 19.7 Å². The zero-order valence-electron chi connectivity index (χ0n) is 16.2. The van der Waals surface area contributed by atoms with Crippen LogP contribution in [-0.2, 0) is 33.5 Å². The summed E-state index contributed by atoms with van der Waals surface area (Å²) in [5.41, 5.74) is 1.39. The summed E-state index contributed by atoms with van der Waals surface area (Å²) in [6.45, 7) is 15.9. The minimum Gasteiger partial charge on any atom is -0.412 e. The summed E-state index contributed by atoms with van der Waals surface area (Å²) in [7, 11) is -1.70. The molecule has 5 heteroatoms. The Labute approximate surface area is 152 Å².